The lowest BCUT2D eigenvalue weighted by Crippen LogP contribution is -1.97. The van der Waals surface area contributed by atoms with Crippen molar-refractivity contribution in [2.24, 2.45) is 0 Å². The summed E-state index contributed by atoms with van der Waals surface area (Å²) < 4.78 is 5.82. The molecule has 80 valence electrons. The van der Waals surface area contributed by atoms with E-state index in [-0.39, 0.29) is 0 Å². The third kappa shape index (κ3) is 3.47. The zero-order valence-corrected chi connectivity index (χ0v) is 9.22. The first-order valence-electron chi connectivity index (χ1n) is 6.01. The van der Waals surface area contributed by atoms with Gasteiger partial charge in [0.15, 0.2) is 5.76 Å². The fourth-order valence-corrected chi connectivity index (χ4v) is 1.90. The molecule has 0 aliphatic heterocycles. The largest absolute Gasteiger partial charge is 0.453 e. The minimum atomic E-state index is 0.878. The van der Waals surface area contributed by atoms with E-state index in [2.05, 4.69) is 24.0 Å². The minimum absolute atomic E-state index is 0.878. The second-order valence-electron chi connectivity index (χ2n) is 4.13. The molecule has 0 saturated carbocycles. The molecule has 0 N–H and O–H groups in total. The second-order valence-corrected chi connectivity index (χ2v) is 4.13. The Balaban J connectivity index is 1.96. The molecule has 0 radical (unpaired) electrons. The van der Waals surface area contributed by atoms with Crippen LogP contribution in [0.1, 0.15) is 51.4 Å². The Hall–Kier alpha value is -1.16. The predicted molar refractivity (Wildman–Crippen MR) is 62.0 cm³/mol. The van der Waals surface area contributed by atoms with E-state index in [1.165, 1.54) is 25.7 Å². The minimum Gasteiger partial charge on any atom is -0.453 e. The van der Waals surface area contributed by atoms with Crippen molar-refractivity contribution in [2.45, 2.75) is 51.4 Å². The van der Waals surface area contributed by atoms with Crippen LogP contribution < -0.4 is 0 Å². The van der Waals surface area contributed by atoms with E-state index in [9.17, 15) is 0 Å². The molecule has 0 fully saturated rings. The first kappa shape index (κ1) is 10.4. The molecule has 2 rings (SSSR count). The molecule has 0 aromatic carbocycles. The van der Waals surface area contributed by atoms with Crippen molar-refractivity contribution in [2.75, 3.05) is 0 Å². The van der Waals surface area contributed by atoms with Gasteiger partial charge in [-0.25, -0.2) is 0 Å². The molecule has 0 saturated heterocycles. The number of hydrogen-bond donors (Lipinski definition) is 0. The number of rotatable bonds is 2. The van der Waals surface area contributed by atoms with Crippen LogP contribution in [0.15, 0.2) is 23.7 Å². The van der Waals surface area contributed by atoms with Gasteiger partial charge in [0.2, 0.25) is 0 Å². The van der Waals surface area contributed by atoms with Crippen LogP contribution in [-0.2, 0) is 4.74 Å². The zero-order chi connectivity index (χ0) is 10.3. The smallest absolute Gasteiger partial charge is 0.172 e. The average molecular weight is 202 g/mol. The van der Waals surface area contributed by atoms with Gasteiger partial charge >= 0.3 is 0 Å². The topological polar surface area (TPSA) is 9.23 Å². The van der Waals surface area contributed by atoms with Crippen molar-refractivity contribution in [1.29, 1.82) is 0 Å². The van der Waals surface area contributed by atoms with Crippen LogP contribution >= 0.6 is 0 Å². The van der Waals surface area contributed by atoms with Gasteiger partial charge in [0.25, 0.3) is 0 Å². The van der Waals surface area contributed by atoms with Crippen molar-refractivity contribution >= 4 is 0 Å². The molecule has 1 heteroatoms. The van der Waals surface area contributed by atoms with E-state index < -0.39 is 0 Å². The molecule has 0 aromatic heterocycles. The molecule has 0 spiro atoms. The SMILES string of the molecule is C1#C/C(OC2=CCCCC2)=C\CCCC1. The van der Waals surface area contributed by atoms with Gasteiger partial charge in [0, 0.05) is 12.8 Å². The lowest BCUT2D eigenvalue weighted by Gasteiger charge is -2.14. The Morgan fingerprint density at radius 1 is 1.00 bits per heavy atom. The Kier molecular flexibility index (Phi) is 3.91. The quantitative estimate of drug-likeness (QED) is 0.617. The van der Waals surface area contributed by atoms with Crippen LogP contribution in [0.2, 0.25) is 0 Å². The first-order valence-corrected chi connectivity index (χ1v) is 6.01. The summed E-state index contributed by atoms with van der Waals surface area (Å²) in [5.74, 6) is 8.28. The molecular weight excluding hydrogens is 184 g/mol. The lowest BCUT2D eigenvalue weighted by molar-refractivity contribution is 0.294. The van der Waals surface area contributed by atoms with Crippen LogP contribution in [0, 0.1) is 11.8 Å². The van der Waals surface area contributed by atoms with Crippen molar-refractivity contribution in [3.8, 4) is 11.8 Å². The molecule has 2 aliphatic carbocycles. The normalized spacial score (nSPS) is 24.8. The molecule has 1 nitrogen and oxygen atoms in total. The first-order chi connectivity index (χ1) is 7.45. The number of allylic oxidation sites excluding steroid dienone is 4. The van der Waals surface area contributed by atoms with E-state index in [4.69, 9.17) is 4.74 Å². The van der Waals surface area contributed by atoms with Gasteiger partial charge in [0.05, 0.1) is 0 Å². The summed E-state index contributed by atoms with van der Waals surface area (Å²) in [6.07, 6.45) is 13.7. The average Bonchev–Trinajstić information content (AvgIpc) is 2.23. The Morgan fingerprint density at radius 2 is 1.87 bits per heavy atom. The van der Waals surface area contributed by atoms with Crippen LogP contribution in [0.4, 0.5) is 0 Å². The van der Waals surface area contributed by atoms with Gasteiger partial charge < -0.3 is 4.74 Å². The van der Waals surface area contributed by atoms with Gasteiger partial charge in [-0.2, -0.15) is 0 Å². The molecule has 0 unspecified atom stereocenters. The highest BCUT2D eigenvalue weighted by molar-refractivity contribution is 5.25. The Labute approximate surface area is 92.2 Å². The van der Waals surface area contributed by atoms with Gasteiger partial charge in [-0.15, -0.1) is 0 Å². The van der Waals surface area contributed by atoms with Gasteiger partial charge in [0.1, 0.15) is 5.76 Å². The number of ether oxygens (including phenoxy) is 1. The Morgan fingerprint density at radius 3 is 2.73 bits per heavy atom. The van der Waals surface area contributed by atoms with Crippen LogP contribution in [0.3, 0.4) is 0 Å². The molecule has 15 heavy (non-hydrogen) atoms. The molecular formula is C14H18O. The van der Waals surface area contributed by atoms with E-state index in [0.29, 0.717) is 0 Å². The van der Waals surface area contributed by atoms with Crippen molar-refractivity contribution in [3.05, 3.63) is 23.7 Å². The van der Waals surface area contributed by atoms with Gasteiger partial charge in [-0.1, -0.05) is 5.92 Å². The summed E-state index contributed by atoms with van der Waals surface area (Å²) in [5.41, 5.74) is 0. The second kappa shape index (κ2) is 5.66. The van der Waals surface area contributed by atoms with Crippen LogP contribution in [0.25, 0.3) is 0 Å². The van der Waals surface area contributed by atoms with Gasteiger partial charge in [-0.05, 0) is 56.6 Å². The fraction of sp³-hybridized carbons (Fsp3) is 0.571. The highest BCUT2D eigenvalue weighted by Gasteiger charge is 2.06. The van der Waals surface area contributed by atoms with Gasteiger partial charge in [-0.3, -0.25) is 0 Å². The summed E-state index contributed by atoms with van der Waals surface area (Å²) in [5, 5.41) is 0. The lowest BCUT2D eigenvalue weighted by atomic mass is 10.1. The van der Waals surface area contributed by atoms with Crippen LogP contribution in [0.5, 0.6) is 0 Å². The maximum absolute atomic E-state index is 5.82. The predicted octanol–water partition coefficient (Wildman–Crippen LogP) is 3.92. The third-order valence-electron chi connectivity index (χ3n) is 2.79. The van der Waals surface area contributed by atoms with E-state index in [0.717, 1.165) is 37.2 Å². The third-order valence-corrected chi connectivity index (χ3v) is 2.79. The maximum Gasteiger partial charge on any atom is 0.172 e. The van der Waals surface area contributed by atoms with Crippen molar-refractivity contribution < 1.29 is 4.74 Å². The molecule has 0 amide bonds. The molecule has 0 heterocycles. The number of hydrogen-bond acceptors (Lipinski definition) is 1. The van der Waals surface area contributed by atoms with Crippen molar-refractivity contribution in [3.63, 3.8) is 0 Å². The summed E-state index contributed by atoms with van der Waals surface area (Å²) >= 11 is 0. The summed E-state index contributed by atoms with van der Waals surface area (Å²) in [6.45, 7) is 0. The highest BCUT2D eigenvalue weighted by atomic mass is 16.5. The zero-order valence-electron chi connectivity index (χ0n) is 9.22. The van der Waals surface area contributed by atoms with Crippen LogP contribution in [-0.4, -0.2) is 0 Å². The standard InChI is InChI=1S/C14H18O/c1-2-5-9-13(10-6-3-1)15-14-11-7-4-8-12-14/h9,11H,1-5,7-8,12H2/b13-9+. The molecule has 0 atom stereocenters. The van der Waals surface area contributed by atoms with Crippen molar-refractivity contribution in [1.82, 2.24) is 0 Å². The van der Waals surface area contributed by atoms with E-state index in [1.54, 1.807) is 0 Å². The monoisotopic (exact) mass is 202 g/mol. The van der Waals surface area contributed by atoms with E-state index in [1.807, 2.05) is 0 Å². The molecule has 0 aromatic rings. The summed E-state index contributed by atoms with van der Waals surface area (Å²) in [6, 6.07) is 0. The highest BCUT2D eigenvalue weighted by Crippen LogP contribution is 2.21. The fourth-order valence-electron chi connectivity index (χ4n) is 1.90. The van der Waals surface area contributed by atoms with E-state index >= 15 is 0 Å². The summed E-state index contributed by atoms with van der Waals surface area (Å²) in [7, 11) is 0. The summed E-state index contributed by atoms with van der Waals surface area (Å²) in [4.78, 5) is 0. The molecule has 2 aliphatic rings. The maximum atomic E-state index is 5.82. The molecule has 0 bridgehead atoms. The Bertz CT molecular complexity index is 325.